The molecule has 6 nitrogen and oxygen atoms in total. The fourth-order valence-corrected chi connectivity index (χ4v) is 2.11. The number of ether oxygens (including phenoxy) is 2. The van der Waals surface area contributed by atoms with E-state index in [1.807, 2.05) is 0 Å². The lowest BCUT2D eigenvalue weighted by Gasteiger charge is -2.35. The summed E-state index contributed by atoms with van der Waals surface area (Å²) in [4.78, 5) is 12.5. The van der Waals surface area contributed by atoms with E-state index in [1.54, 1.807) is 12.1 Å². The SMILES string of the molecule is COc1cc(N2CCOCC2C)ccc1[N+](=O)[O-]. The van der Waals surface area contributed by atoms with Crippen molar-refractivity contribution < 1.29 is 14.4 Å². The third kappa shape index (κ3) is 2.38. The molecular weight excluding hydrogens is 236 g/mol. The predicted octanol–water partition coefficient (Wildman–Crippen LogP) is 1.83. The van der Waals surface area contributed by atoms with Crippen molar-refractivity contribution in [3.63, 3.8) is 0 Å². The topological polar surface area (TPSA) is 64.8 Å². The van der Waals surface area contributed by atoms with Gasteiger partial charge in [-0.3, -0.25) is 10.1 Å². The molecule has 1 aliphatic heterocycles. The van der Waals surface area contributed by atoms with Gasteiger partial charge in [0.15, 0.2) is 5.75 Å². The van der Waals surface area contributed by atoms with Crippen LogP contribution in [0.15, 0.2) is 18.2 Å². The minimum atomic E-state index is -0.439. The summed E-state index contributed by atoms with van der Waals surface area (Å²) in [6, 6.07) is 5.20. The number of rotatable bonds is 3. The number of nitro benzene ring substituents is 1. The Bertz CT molecular complexity index is 450. The van der Waals surface area contributed by atoms with Gasteiger partial charge in [-0.05, 0) is 13.0 Å². The van der Waals surface area contributed by atoms with Crippen molar-refractivity contribution in [1.82, 2.24) is 0 Å². The van der Waals surface area contributed by atoms with Gasteiger partial charge in [-0.2, -0.15) is 0 Å². The highest BCUT2D eigenvalue weighted by Crippen LogP contribution is 2.32. The fraction of sp³-hybridized carbons (Fsp3) is 0.500. The van der Waals surface area contributed by atoms with Crippen molar-refractivity contribution in [1.29, 1.82) is 0 Å². The van der Waals surface area contributed by atoms with Crippen LogP contribution in [0.3, 0.4) is 0 Å². The summed E-state index contributed by atoms with van der Waals surface area (Å²) in [7, 11) is 1.44. The van der Waals surface area contributed by atoms with Crippen LogP contribution in [0.2, 0.25) is 0 Å². The molecule has 1 saturated heterocycles. The number of morpholine rings is 1. The maximum absolute atomic E-state index is 10.8. The van der Waals surface area contributed by atoms with Gasteiger partial charge in [-0.25, -0.2) is 0 Å². The Hall–Kier alpha value is -1.82. The van der Waals surface area contributed by atoms with Gasteiger partial charge in [0.2, 0.25) is 0 Å². The molecule has 0 bridgehead atoms. The third-order valence-electron chi connectivity index (χ3n) is 3.06. The lowest BCUT2D eigenvalue weighted by atomic mass is 10.2. The summed E-state index contributed by atoms with van der Waals surface area (Å²) >= 11 is 0. The number of methoxy groups -OCH3 is 1. The number of nitrogens with zero attached hydrogens (tertiary/aromatic N) is 2. The Balaban J connectivity index is 2.31. The molecule has 0 N–H and O–H groups in total. The van der Waals surface area contributed by atoms with E-state index < -0.39 is 4.92 Å². The smallest absolute Gasteiger partial charge is 0.311 e. The standard InChI is InChI=1S/C12H16N2O4/c1-9-8-18-6-5-13(9)10-3-4-11(14(15)16)12(7-10)17-2/h3-4,7,9H,5-6,8H2,1-2H3. The number of nitro groups is 1. The van der Waals surface area contributed by atoms with Crippen molar-refractivity contribution in [2.24, 2.45) is 0 Å². The zero-order valence-corrected chi connectivity index (χ0v) is 10.5. The molecule has 2 rings (SSSR count). The Labute approximate surface area is 105 Å². The lowest BCUT2D eigenvalue weighted by molar-refractivity contribution is -0.385. The quantitative estimate of drug-likeness (QED) is 0.606. The molecule has 0 spiro atoms. The largest absolute Gasteiger partial charge is 0.490 e. The second-order valence-corrected chi connectivity index (χ2v) is 4.23. The van der Waals surface area contributed by atoms with Crippen LogP contribution in [-0.4, -0.2) is 37.8 Å². The first-order valence-electron chi connectivity index (χ1n) is 5.80. The summed E-state index contributed by atoms with van der Waals surface area (Å²) in [5, 5.41) is 10.8. The monoisotopic (exact) mass is 252 g/mol. The van der Waals surface area contributed by atoms with Gasteiger partial charge < -0.3 is 14.4 Å². The van der Waals surface area contributed by atoms with Gasteiger partial charge in [0, 0.05) is 30.4 Å². The second-order valence-electron chi connectivity index (χ2n) is 4.23. The van der Waals surface area contributed by atoms with E-state index in [-0.39, 0.29) is 17.5 Å². The van der Waals surface area contributed by atoms with Crippen LogP contribution in [-0.2, 0) is 4.74 Å². The Morgan fingerprint density at radius 2 is 2.33 bits per heavy atom. The molecule has 1 atom stereocenters. The Kier molecular flexibility index (Phi) is 3.66. The molecule has 0 saturated carbocycles. The molecule has 0 amide bonds. The van der Waals surface area contributed by atoms with Gasteiger partial charge in [0.05, 0.1) is 25.2 Å². The molecule has 1 unspecified atom stereocenters. The third-order valence-corrected chi connectivity index (χ3v) is 3.06. The zero-order chi connectivity index (χ0) is 13.1. The molecule has 0 aromatic heterocycles. The summed E-state index contributed by atoms with van der Waals surface area (Å²) in [6.07, 6.45) is 0. The molecule has 18 heavy (non-hydrogen) atoms. The van der Waals surface area contributed by atoms with Crippen molar-refractivity contribution in [2.75, 3.05) is 31.8 Å². The molecular formula is C12H16N2O4. The van der Waals surface area contributed by atoms with Gasteiger partial charge in [-0.15, -0.1) is 0 Å². The maximum atomic E-state index is 10.8. The summed E-state index contributed by atoms with van der Waals surface area (Å²) in [5.41, 5.74) is 0.912. The zero-order valence-electron chi connectivity index (χ0n) is 10.5. The molecule has 0 aliphatic carbocycles. The van der Waals surface area contributed by atoms with Crippen molar-refractivity contribution in [2.45, 2.75) is 13.0 Å². The van der Waals surface area contributed by atoms with Crippen LogP contribution < -0.4 is 9.64 Å². The van der Waals surface area contributed by atoms with Crippen LogP contribution in [0.1, 0.15) is 6.92 Å². The number of benzene rings is 1. The predicted molar refractivity (Wildman–Crippen MR) is 67.3 cm³/mol. The van der Waals surface area contributed by atoms with Gasteiger partial charge >= 0.3 is 5.69 Å². The first-order valence-corrected chi connectivity index (χ1v) is 5.80. The van der Waals surface area contributed by atoms with Crippen LogP contribution >= 0.6 is 0 Å². The lowest BCUT2D eigenvalue weighted by Crippen LogP contribution is -2.43. The van der Waals surface area contributed by atoms with Crippen LogP contribution in [0.4, 0.5) is 11.4 Å². The van der Waals surface area contributed by atoms with Gasteiger partial charge in [-0.1, -0.05) is 0 Å². The number of hydrogen-bond acceptors (Lipinski definition) is 5. The van der Waals surface area contributed by atoms with Crippen molar-refractivity contribution in [3.05, 3.63) is 28.3 Å². The molecule has 1 aliphatic rings. The van der Waals surface area contributed by atoms with E-state index in [0.29, 0.717) is 13.2 Å². The second kappa shape index (κ2) is 5.22. The Morgan fingerprint density at radius 1 is 1.56 bits per heavy atom. The fourth-order valence-electron chi connectivity index (χ4n) is 2.11. The first-order chi connectivity index (χ1) is 8.63. The van der Waals surface area contributed by atoms with Crippen LogP contribution in [0, 0.1) is 10.1 Å². The highest BCUT2D eigenvalue weighted by Gasteiger charge is 2.22. The maximum Gasteiger partial charge on any atom is 0.311 e. The van der Waals surface area contributed by atoms with E-state index in [2.05, 4.69) is 11.8 Å². The minimum absolute atomic E-state index is 0.0119. The van der Waals surface area contributed by atoms with E-state index in [9.17, 15) is 10.1 Å². The summed E-state index contributed by atoms with van der Waals surface area (Å²) in [6.45, 7) is 4.18. The molecule has 1 heterocycles. The molecule has 98 valence electrons. The molecule has 6 heteroatoms. The summed E-state index contributed by atoms with van der Waals surface area (Å²) in [5.74, 6) is 0.288. The van der Waals surface area contributed by atoms with E-state index in [0.717, 1.165) is 12.2 Å². The average Bonchev–Trinajstić information content (AvgIpc) is 2.38. The highest BCUT2D eigenvalue weighted by molar-refractivity contribution is 5.59. The first kappa shape index (κ1) is 12.6. The van der Waals surface area contributed by atoms with E-state index >= 15 is 0 Å². The molecule has 1 aromatic rings. The van der Waals surface area contributed by atoms with Crippen molar-refractivity contribution >= 4 is 11.4 Å². The highest BCUT2D eigenvalue weighted by atomic mass is 16.6. The molecule has 1 fully saturated rings. The minimum Gasteiger partial charge on any atom is -0.490 e. The number of anilines is 1. The van der Waals surface area contributed by atoms with E-state index in [1.165, 1.54) is 13.2 Å². The van der Waals surface area contributed by atoms with Gasteiger partial charge in [0.25, 0.3) is 0 Å². The molecule has 0 radical (unpaired) electrons. The van der Waals surface area contributed by atoms with Crippen LogP contribution in [0.5, 0.6) is 5.75 Å². The van der Waals surface area contributed by atoms with Crippen molar-refractivity contribution in [3.8, 4) is 5.75 Å². The van der Waals surface area contributed by atoms with E-state index in [4.69, 9.17) is 9.47 Å². The number of hydrogen-bond donors (Lipinski definition) is 0. The van der Waals surface area contributed by atoms with Gasteiger partial charge in [0.1, 0.15) is 0 Å². The normalized spacial score (nSPS) is 19.7. The average molecular weight is 252 g/mol. The van der Waals surface area contributed by atoms with Crippen LogP contribution in [0.25, 0.3) is 0 Å². The Morgan fingerprint density at radius 3 is 2.94 bits per heavy atom. The summed E-state index contributed by atoms with van der Waals surface area (Å²) < 4.78 is 10.4. The molecule has 1 aromatic carbocycles.